The highest BCUT2D eigenvalue weighted by molar-refractivity contribution is 4.96. The van der Waals surface area contributed by atoms with E-state index in [-0.39, 0.29) is 0 Å². The lowest BCUT2D eigenvalue weighted by Gasteiger charge is -2.52. The monoisotopic (exact) mass is 220 g/mol. The minimum Gasteiger partial charge on any atom is -0.299 e. The lowest BCUT2D eigenvalue weighted by Crippen LogP contribution is -2.58. The van der Waals surface area contributed by atoms with E-state index in [2.05, 4.69) is 31.7 Å². The van der Waals surface area contributed by atoms with E-state index in [0.717, 1.165) is 12.5 Å². The molecule has 1 aliphatic heterocycles. The molecule has 2 fully saturated rings. The molecule has 0 aromatic rings. The van der Waals surface area contributed by atoms with Crippen molar-refractivity contribution in [2.75, 3.05) is 13.1 Å². The molecule has 0 bridgehead atoms. The number of nitrogens with zero attached hydrogens (tertiary/aromatic N) is 2. The Bertz CT molecular complexity index is 284. The SMILES string of the molecule is CC1(C)CN(C2CCC(C)(CC#N)CC2)C1. The zero-order chi connectivity index (χ0) is 11.8. The second-order valence-corrected chi connectivity index (χ2v) is 6.95. The summed E-state index contributed by atoms with van der Waals surface area (Å²) in [4.78, 5) is 2.64. The summed E-state index contributed by atoms with van der Waals surface area (Å²) >= 11 is 0. The van der Waals surface area contributed by atoms with Crippen molar-refractivity contribution >= 4 is 0 Å². The van der Waals surface area contributed by atoms with Crippen molar-refractivity contribution in [3.8, 4) is 6.07 Å². The standard InChI is InChI=1S/C14H24N2/c1-13(2)10-16(11-13)12-4-6-14(3,7-5-12)8-9-15/h12H,4-8,10-11H2,1-3H3. The molecule has 0 N–H and O–H groups in total. The molecule has 1 aliphatic carbocycles. The fraction of sp³-hybridized carbons (Fsp3) is 0.929. The highest BCUT2D eigenvalue weighted by Crippen LogP contribution is 2.42. The van der Waals surface area contributed by atoms with Gasteiger partial charge >= 0.3 is 0 Å². The number of hydrogen-bond acceptors (Lipinski definition) is 2. The van der Waals surface area contributed by atoms with Gasteiger partial charge in [-0.05, 0) is 36.5 Å². The van der Waals surface area contributed by atoms with Crippen LogP contribution in [0.3, 0.4) is 0 Å². The van der Waals surface area contributed by atoms with Gasteiger partial charge in [-0.3, -0.25) is 4.90 Å². The first-order chi connectivity index (χ1) is 7.44. The van der Waals surface area contributed by atoms with Gasteiger partial charge in [0.05, 0.1) is 6.07 Å². The predicted molar refractivity (Wildman–Crippen MR) is 65.9 cm³/mol. The zero-order valence-electron chi connectivity index (χ0n) is 10.9. The second-order valence-electron chi connectivity index (χ2n) is 6.95. The first-order valence-electron chi connectivity index (χ1n) is 6.55. The fourth-order valence-electron chi connectivity index (χ4n) is 3.34. The topological polar surface area (TPSA) is 27.0 Å². The van der Waals surface area contributed by atoms with Crippen LogP contribution in [0, 0.1) is 22.2 Å². The van der Waals surface area contributed by atoms with Crippen LogP contribution in [0.25, 0.3) is 0 Å². The summed E-state index contributed by atoms with van der Waals surface area (Å²) in [7, 11) is 0. The molecule has 1 heterocycles. The van der Waals surface area contributed by atoms with Gasteiger partial charge in [0.25, 0.3) is 0 Å². The Morgan fingerprint density at radius 2 is 1.75 bits per heavy atom. The van der Waals surface area contributed by atoms with Gasteiger partial charge in [-0.25, -0.2) is 0 Å². The van der Waals surface area contributed by atoms with Crippen molar-refractivity contribution in [1.82, 2.24) is 4.90 Å². The Kier molecular flexibility index (Phi) is 3.01. The molecule has 0 aromatic carbocycles. The molecule has 2 aliphatic rings. The van der Waals surface area contributed by atoms with Crippen LogP contribution in [0.4, 0.5) is 0 Å². The molecule has 0 spiro atoms. The second kappa shape index (κ2) is 4.04. The van der Waals surface area contributed by atoms with Crippen LogP contribution in [-0.2, 0) is 0 Å². The maximum atomic E-state index is 8.82. The Labute approximate surface area is 99.6 Å². The van der Waals surface area contributed by atoms with Crippen LogP contribution in [-0.4, -0.2) is 24.0 Å². The van der Waals surface area contributed by atoms with Crippen LogP contribution >= 0.6 is 0 Å². The van der Waals surface area contributed by atoms with Gasteiger partial charge in [-0.15, -0.1) is 0 Å². The van der Waals surface area contributed by atoms with E-state index >= 15 is 0 Å². The fourth-order valence-corrected chi connectivity index (χ4v) is 3.34. The summed E-state index contributed by atoms with van der Waals surface area (Å²) in [5, 5.41) is 8.82. The molecule has 2 heteroatoms. The largest absolute Gasteiger partial charge is 0.299 e. The van der Waals surface area contributed by atoms with Crippen molar-refractivity contribution < 1.29 is 0 Å². The smallest absolute Gasteiger partial charge is 0.0627 e. The molecule has 1 saturated carbocycles. The lowest BCUT2D eigenvalue weighted by molar-refractivity contribution is -0.0299. The normalized spacial score (nSPS) is 38.8. The van der Waals surface area contributed by atoms with Gasteiger partial charge in [-0.2, -0.15) is 5.26 Å². The maximum absolute atomic E-state index is 8.82. The molecule has 0 aromatic heterocycles. The molecule has 2 rings (SSSR count). The van der Waals surface area contributed by atoms with Crippen molar-refractivity contribution in [1.29, 1.82) is 5.26 Å². The number of nitriles is 1. The van der Waals surface area contributed by atoms with Gasteiger partial charge in [0, 0.05) is 25.6 Å². The molecule has 16 heavy (non-hydrogen) atoms. The van der Waals surface area contributed by atoms with Crippen LogP contribution < -0.4 is 0 Å². The van der Waals surface area contributed by atoms with Gasteiger partial charge in [0.1, 0.15) is 0 Å². The van der Waals surface area contributed by atoms with Gasteiger partial charge in [0.2, 0.25) is 0 Å². The van der Waals surface area contributed by atoms with E-state index in [0.29, 0.717) is 10.8 Å². The highest BCUT2D eigenvalue weighted by Gasteiger charge is 2.41. The van der Waals surface area contributed by atoms with E-state index in [1.165, 1.54) is 38.8 Å². The van der Waals surface area contributed by atoms with Crippen molar-refractivity contribution in [2.24, 2.45) is 10.8 Å². The molecular formula is C14H24N2. The van der Waals surface area contributed by atoms with Crippen molar-refractivity contribution in [3.63, 3.8) is 0 Å². The van der Waals surface area contributed by atoms with Gasteiger partial charge < -0.3 is 0 Å². The van der Waals surface area contributed by atoms with E-state index in [4.69, 9.17) is 5.26 Å². The summed E-state index contributed by atoms with van der Waals surface area (Å²) < 4.78 is 0. The van der Waals surface area contributed by atoms with Crippen LogP contribution in [0.2, 0.25) is 0 Å². The first kappa shape index (κ1) is 11.9. The Morgan fingerprint density at radius 1 is 1.19 bits per heavy atom. The number of rotatable bonds is 2. The quantitative estimate of drug-likeness (QED) is 0.714. The minimum atomic E-state index is 0.311. The summed E-state index contributed by atoms with van der Waals surface area (Å²) in [5.74, 6) is 0. The molecular weight excluding hydrogens is 196 g/mol. The molecule has 0 unspecified atom stereocenters. The molecule has 90 valence electrons. The maximum Gasteiger partial charge on any atom is 0.0627 e. The average Bonchev–Trinajstić information content (AvgIpc) is 2.15. The third-order valence-corrected chi connectivity index (χ3v) is 4.45. The Hall–Kier alpha value is -0.550. The Morgan fingerprint density at radius 3 is 2.19 bits per heavy atom. The van der Waals surface area contributed by atoms with E-state index in [1.807, 2.05) is 0 Å². The van der Waals surface area contributed by atoms with Crippen molar-refractivity contribution in [3.05, 3.63) is 0 Å². The summed E-state index contributed by atoms with van der Waals surface area (Å²) in [6.07, 6.45) is 5.82. The zero-order valence-corrected chi connectivity index (χ0v) is 10.9. The summed E-state index contributed by atoms with van der Waals surface area (Å²) in [6.45, 7) is 9.53. The van der Waals surface area contributed by atoms with Gasteiger partial charge in [-0.1, -0.05) is 20.8 Å². The average molecular weight is 220 g/mol. The first-order valence-corrected chi connectivity index (χ1v) is 6.55. The molecule has 1 saturated heterocycles. The van der Waals surface area contributed by atoms with Crippen LogP contribution in [0.1, 0.15) is 52.9 Å². The van der Waals surface area contributed by atoms with Crippen molar-refractivity contribution in [2.45, 2.75) is 58.9 Å². The molecule has 2 nitrogen and oxygen atoms in total. The number of likely N-dealkylation sites (tertiary alicyclic amines) is 1. The van der Waals surface area contributed by atoms with Crippen LogP contribution in [0.5, 0.6) is 0 Å². The van der Waals surface area contributed by atoms with E-state index < -0.39 is 0 Å². The van der Waals surface area contributed by atoms with E-state index in [1.54, 1.807) is 0 Å². The predicted octanol–water partition coefficient (Wildman–Crippen LogP) is 3.19. The Balaban J connectivity index is 1.81. The summed E-state index contributed by atoms with van der Waals surface area (Å²) in [6, 6.07) is 3.15. The van der Waals surface area contributed by atoms with Crippen LogP contribution in [0.15, 0.2) is 0 Å². The highest BCUT2D eigenvalue weighted by atomic mass is 15.2. The summed E-state index contributed by atoms with van der Waals surface area (Å²) in [5.41, 5.74) is 0.860. The van der Waals surface area contributed by atoms with E-state index in [9.17, 15) is 0 Å². The lowest BCUT2D eigenvalue weighted by atomic mass is 9.70. The molecule has 0 radical (unpaired) electrons. The minimum absolute atomic E-state index is 0.311. The molecule has 0 atom stereocenters. The van der Waals surface area contributed by atoms with Gasteiger partial charge in [0.15, 0.2) is 0 Å². The third-order valence-electron chi connectivity index (χ3n) is 4.45. The molecule has 0 amide bonds. The third kappa shape index (κ3) is 2.40. The number of hydrogen-bond donors (Lipinski definition) is 0.